The van der Waals surface area contributed by atoms with Crippen LogP contribution < -0.4 is 10.5 Å². The number of fused-ring (bicyclic) bond motifs is 2. The molecule has 0 bridgehead atoms. The molecule has 2 heterocycles. The van der Waals surface area contributed by atoms with Crippen LogP contribution in [-0.4, -0.2) is 27.3 Å². The number of rotatable bonds is 9. The van der Waals surface area contributed by atoms with Crippen LogP contribution in [0, 0.1) is 0 Å². The highest BCUT2D eigenvalue weighted by Gasteiger charge is 2.17. The maximum Gasteiger partial charge on any atom is 0.310 e. The third kappa shape index (κ3) is 5.05. The van der Waals surface area contributed by atoms with Gasteiger partial charge in [-0.05, 0) is 67.1 Å². The number of benzene rings is 3. The molecule has 0 spiro atoms. The lowest BCUT2D eigenvalue weighted by Gasteiger charge is -2.11. The molecule has 5 rings (SSSR count). The number of hydrogen-bond donors (Lipinski definition) is 1. The van der Waals surface area contributed by atoms with Crippen LogP contribution in [0.15, 0.2) is 72.9 Å². The van der Waals surface area contributed by atoms with Crippen LogP contribution in [0.2, 0.25) is 0 Å². The summed E-state index contributed by atoms with van der Waals surface area (Å²) in [5, 5.41) is 7.99. The van der Waals surface area contributed by atoms with Gasteiger partial charge in [0.15, 0.2) is 0 Å². The zero-order valence-electron chi connectivity index (χ0n) is 22.0. The van der Waals surface area contributed by atoms with E-state index in [0.29, 0.717) is 18.2 Å². The first kappa shape index (κ1) is 25.3. The number of anilines is 1. The van der Waals surface area contributed by atoms with Gasteiger partial charge < -0.3 is 15.2 Å². The fourth-order valence-electron chi connectivity index (χ4n) is 4.67. The minimum absolute atomic E-state index is 0.163. The van der Waals surface area contributed by atoms with Crippen LogP contribution in [0.4, 0.5) is 5.82 Å². The number of nitrogens with two attached hydrogens (primary N) is 1. The van der Waals surface area contributed by atoms with Gasteiger partial charge in [0.2, 0.25) is 0 Å². The van der Waals surface area contributed by atoms with Crippen LogP contribution in [0.5, 0.6) is 5.75 Å². The van der Waals surface area contributed by atoms with E-state index in [2.05, 4.69) is 59.9 Å². The highest BCUT2D eigenvalue weighted by molar-refractivity contribution is 5.95. The van der Waals surface area contributed by atoms with Crippen LogP contribution >= 0.6 is 0 Å². The first-order valence-electron chi connectivity index (χ1n) is 13.0. The van der Waals surface area contributed by atoms with Gasteiger partial charge in [-0.2, -0.15) is 5.10 Å². The third-order valence-electron chi connectivity index (χ3n) is 6.90. The summed E-state index contributed by atoms with van der Waals surface area (Å²) in [6.45, 7) is 6.75. The van der Waals surface area contributed by atoms with Crippen molar-refractivity contribution in [2.45, 2.75) is 46.3 Å². The Morgan fingerprint density at radius 3 is 2.55 bits per heavy atom. The molecule has 1 atom stereocenters. The van der Waals surface area contributed by atoms with Crippen molar-refractivity contribution in [1.29, 1.82) is 0 Å². The van der Waals surface area contributed by atoms with Gasteiger partial charge in [-0.25, -0.2) is 4.98 Å². The van der Waals surface area contributed by atoms with E-state index in [1.165, 1.54) is 0 Å². The lowest BCUT2D eigenvalue weighted by atomic mass is 10.00. The molecule has 0 aliphatic heterocycles. The average Bonchev–Trinajstić information content (AvgIpc) is 3.30. The predicted octanol–water partition coefficient (Wildman–Crippen LogP) is 6.49. The molecule has 0 aliphatic rings. The Kier molecular flexibility index (Phi) is 7.26. The summed E-state index contributed by atoms with van der Waals surface area (Å²) < 4.78 is 13.5. The molecule has 194 valence electrons. The smallest absolute Gasteiger partial charge is 0.310 e. The SMILES string of the molecule is CCOC(=O)Cc1ccccc1OCc1nn([C@@H](C)CC)c2ccc(-c3ccc4ccnc(N)c4c3)cc12. The lowest BCUT2D eigenvalue weighted by molar-refractivity contribution is -0.142. The van der Waals surface area contributed by atoms with Crippen molar-refractivity contribution < 1.29 is 14.3 Å². The largest absolute Gasteiger partial charge is 0.487 e. The molecule has 0 aliphatic carbocycles. The maximum absolute atomic E-state index is 12.1. The van der Waals surface area contributed by atoms with Crippen molar-refractivity contribution in [1.82, 2.24) is 14.8 Å². The number of nitrogens with zero attached hydrogens (tertiary/aromatic N) is 3. The van der Waals surface area contributed by atoms with E-state index < -0.39 is 0 Å². The normalized spacial score (nSPS) is 12.1. The van der Waals surface area contributed by atoms with Crippen molar-refractivity contribution in [2.75, 3.05) is 12.3 Å². The van der Waals surface area contributed by atoms with Crippen LogP contribution in [0.3, 0.4) is 0 Å². The second-order valence-corrected chi connectivity index (χ2v) is 9.39. The number of aromatic nitrogens is 3. The third-order valence-corrected chi connectivity index (χ3v) is 6.90. The van der Waals surface area contributed by atoms with Crippen molar-refractivity contribution in [3.8, 4) is 16.9 Å². The standard InChI is InChI=1S/C31H32N4O3/c1-4-20(3)35-28-13-12-23(22-11-10-21-14-15-33-31(32)25(21)16-22)17-26(28)27(34-35)19-38-29-9-7-6-8-24(29)18-30(36)37-5-2/h6-17,20H,4-5,18-19H2,1-3H3,(H2,32,33)/t20-/m0/s1. The van der Waals surface area contributed by atoms with Gasteiger partial charge in [0, 0.05) is 28.6 Å². The fraction of sp³-hybridized carbons (Fsp3) is 0.258. The Balaban J connectivity index is 1.51. The molecule has 0 amide bonds. The summed E-state index contributed by atoms with van der Waals surface area (Å²) in [5.41, 5.74) is 11.0. The fourth-order valence-corrected chi connectivity index (χ4v) is 4.67. The molecule has 3 aromatic carbocycles. The molecule has 2 N–H and O–H groups in total. The Hall–Kier alpha value is -4.39. The molecule has 0 radical (unpaired) electrons. The van der Waals surface area contributed by atoms with E-state index in [1.807, 2.05) is 30.3 Å². The summed E-state index contributed by atoms with van der Waals surface area (Å²) in [4.78, 5) is 16.3. The number of carbonyl (C=O) groups is 1. The number of ether oxygens (including phenoxy) is 2. The quantitative estimate of drug-likeness (QED) is 0.229. The van der Waals surface area contributed by atoms with Crippen LogP contribution in [0.25, 0.3) is 32.8 Å². The summed E-state index contributed by atoms with van der Waals surface area (Å²) in [6, 6.07) is 22.4. The van der Waals surface area contributed by atoms with Crippen LogP contribution in [0.1, 0.15) is 44.5 Å². The van der Waals surface area contributed by atoms with Gasteiger partial charge in [0.1, 0.15) is 23.9 Å². The summed E-state index contributed by atoms with van der Waals surface area (Å²) in [6.07, 6.45) is 2.85. The Morgan fingerprint density at radius 2 is 1.76 bits per heavy atom. The zero-order valence-corrected chi connectivity index (χ0v) is 22.0. The van der Waals surface area contributed by atoms with E-state index in [4.69, 9.17) is 20.3 Å². The lowest BCUT2D eigenvalue weighted by Crippen LogP contribution is -2.09. The molecule has 2 aromatic heterocycles. The number of nitrogen functional groups attached to an aromatic ring is 1. The number of pyridine rings is 1. The second kappa shape index (κ2) is 10.9. The summed E-state index contributed by atoms with van der Waals surface area (Å²) in [5.74, 6) is 0.900. The van der Waals surface area contributed by atoms with Crippen molar-refractivity contribution in [2.24, 2.45) is 0 Å². The molecular weight excluding hydrogens is 476 g/mol. The molecular formula is C31H32N4O3. The average molecular weight is 509 g/mol. The topological polar surface area (TPSA) is 92.3 Å². The molecule has 5 aromatic rings. The first-order valence-corrected chi connectivity index (χ1v) is 13.0. The zero-order chi connectivity index (χ0) is 26.6. The summed E-state index contributed by atoms with van der Waals surface area (Å²) in [7, 11) is 0. The maximum atomic E-state index is 12.1. The molecule has 0 saturated heterocycles. The van der Waals surface area contributed by atoms with Gasteiger partial charge in [0.05, 0.1) is 18.5 Å². The monoisotopic (exact) mass is 508 g/mol. The van der Waals surface area contributed by atoms with Gasteiger partial charge in [-0.15, -0.1) is 0 Å². The van der Waals surface area contributed by atoms with Crippen LogP contribution in [-0.2, 0) is 22.6 Å². The van der Waals surface area contributed by atoms with Crippen molar-refractivity contribution >= 4 is 33.5 Å². The summed E-state index contributed by atoms with van der Waals surface area (Å²) >= 11 is 0. The number of carbonyl (C=O) groups excluding carboxylic acids is 1. The molecule has 0 unspecified atom stereocenters. The van der Waals surface area contributed by atoms with E-state index in [-0.39, 0.29) is 25.0 Å². The van der Waals surface area contributed by atoms with E-state index >= 15 is 0 Å². The minimum atomic E-state index is -0.272. The van der Waals surface area contributed by atoms with Gasteiger partial charge in [0.25, 0.3) is 0 Å². The molecule has 7 nitrogen and oxygen atoms in total. The number of para-hydroxylation sites is 1. The van der Waals surface area contributed by atoms with Crippen molar-refractivity contribution in [3.05, 3.63) is 84.2 Å². The highest BCUT2D eigenvalue weighted by Crippen LogP contribution is 2.32. The number of hydrogen-bond acceptors (Lipinski definition) is 6. The predicted molar refractivity (Wildman–Crippen MR) is 151 cm³/mol. The van der Waals surface area contributed by atoms with Gasteiger partial charge in [-0.1, -0.05) is 43.3 Å². The number of esters is 1. The van der Waals surface area contributed by atoms with E-state index in [0.717, 1.165) is 50.5 Å². The van der Waals surface area contributed by atoms with E-state index in [1.54, 1.807) is 13.1 Å². The van der Waals surface area contributed by atoms with Crippen molar-refractivity contribution in [3.63, 3.8) is 0 Å². The van der Waals surface area contributed by atoms with Gasteiger partial charge in [-0.3, -0.25) is 9.48 Å². The molecule has 0 saturated carbocycles. The van der Waals surface area contributed by atoms with E-state index in [9.17, 15) is 4.79 Å². The highest BCUT2D eigenvalue weighted by atomic mass is 16.5. The van der Waals surface area contributed by atoms with Gasteiger partial charge >= 0.3 is 5.97 Å². The Labute approximate surface area is 222 Å². The minimum Gasteiger partial charge on any atom is -0.487 e. The Bertz CT molecular complexity index is 1610. The molecule has 38 heavy (non-hydrogen) atoms. The first-order chi connectivity index (χ1) is 18.5. The molecule has 7 heteroatoms. The second-order valence-electron chi connectivity index (χ2n) is 9.39. The molecule has 0 fully saturated rings. The Morgan fingerprint density at radius 1 is 1.00 bits per heavy atom.